The van der Waals surface area contributed by atoms with Crippen LogP contribution in [0.25, 0.3) is 10.2 Å². The van der Waals surface area contributed by atoms with E-state index in [1.165, 1.54) is 0 Å². The first-order valence-electron chi connectivity index (χ1n) is 7.87. The molecule has 0 unspecified atom stereocenters. The van der Waals surface area contributed by atoms with E-state index in [4.69, 9.17) is 11.6 Å². The van der Waals surface area contributed by atoms with Gasteiger partial charge < -0.3 is 10.6 Å². The molecule has 0 fully saturated rings. The summed E-state index contributed by atoms with van der Waals surface area (Å²) in [6.45, 7) is 5.43. The fourth-order valence-electron chi connectivity index (χ4n) is 2.13. The molecule has 0 amide bonds. The van der Waals surface area contributed by atoms with Crippen molar-refractivity contribution in [3.05, 3.63) is 38.2 Å². The first-order valence-corrected chi connectivity index (χ1v) is 9.88. The van der Waals surface area contributed by atoms with E-state index in [0.717, 1.165) is 25.2 Å². The molecule has 6 nitrogen and oxygen atoms in total. The van der Waals surface area contributed by atoms with E-state index in [9.17, 15) is 0 Å². The summed E-state index contributed by atoms with van der Waals surface area (Å²) in [4.78, 5) is 8.82. The lowest BCUT2D eigenvalue weighted by molar-refractivity contribution is 0.782. The van der Waals surface area contributed by atoms with Gasteiger partial charge >= 0.3 is 0 Å². The smallest absolute Gasteiger partial charge is 0.191 e. The van der Waals surface area contributed by atoms with Crippen molar-refractivity contribution in [3.8, 4) is 0 Å². The molecule has 2 aromatic heterocycles. The molecule has 2 heterocycles. The van der Waals surface area contributed by atoms with Gasteiger partial charge in [-0.15, -0.1) is 21.5 Å². The summed E-state index contributed by atoms with van der Waals surface area (Å²) in [6, 6.07) is 5.76. The molecule has 0 aliphatic rings. The first kappa shape index (κ1) is 18.0. The maximum absolute atomic E-state index is 6.01. The first-order chi connectivity index (χ1) is 12.0. The third-order valence-corrected chi connectivity index (χ3v) is 5.90. The summed E-state index contributed by atoms with van der Waals surface area (Å²) >= 11 is 9.27. The van der Waals surface area contributed by atoms with E-state index in [1.807, 2.05) is 18.2 Å². The third-order valence-electron chi connectivity index (χ3n) is 3.41. The largest absolute Gasteiger partial charge is 0.350 e. The van der Waals surface area contributed by atoms with Gasteiger partial charge in [0, 0.05) is 18.0 Å². The van der Waals surface area contributed by atoms with Crippen molar-refractivity contribution in [2.75, 3.05) is 7.05 Å². The molecule has 132 valence electrons. The van der Waals surface area contributed by atoms with Gasteiger partial charge in [0.2, 0.25) is 0 Å². The van der Waals surface area contributed by atoms with Crippen LogP contribution >= 0.6 is 34.3 Å². The summed E-state index contributed by atoms with van der Waals surface area (Å²) in [6.07, 6.45) is 0. The molecule has 9 heteroatoms. The normalized spacial score (nSPS) is 12.1. The number of aromatic nitrogens is 3. The summed E-state index contributed by atoms with van der Waals surface area (Å²) in [5, 5.41) is 18.6. The van der Waals surface area contributed by atoms with Crippen molar-refractivity contribution in [3.63, 3.8) is 0 Å². The van der Waals surface area contributed by atoms with Crippen molar-refractivity contribution in [1.29, 1.82) is 0 Å². The molecule has 1 aromatic carbocycles. The Hall–Kier alpha value is -1.77. The molecule has 0 aliphatic heterocycles. The van der Waals surface area contributed by atoms with E-state index >= 15 is 0 Å². The fraction of sp³-hybridized carbons (Fsp3) is 0.375. The van der Waals surface area contributed by atoms with Crippen LogP contribution < -0.4 is 10.6 Å². The van der Waals surface area contributed by atoms with E-state index in [2.05, 4.69) is 44.7 Å². The summed E-state index contributed by atoms with van der Waals surface area (Å²) in [5.41, 5.74) is 0.923. The average Bonchev–Trinajstić information content (AvgIpc) is 3.21. The Bertz CT molecular complexity index is 886. The molecule has 3 aromatic rings. The van der Waals surface area contributed by atoms with Crippen LogP contribution in [0.1, 0.15) is 34.8 Å². The Morgan fingerprint density at radius 1 is 1.16 bits per heavy atom. The number of nitrogens with one attached hydrogen (secondary N) is 2. The zero-order valence-corrected chi connectivity index (χ0v) is 16.6. The molecule has 2 N–H and O–H groups in total. The van der Waals surface area contributed by atoms with Gasteiger partial charge in [0.1, 0.15) is 15.0 Å². The van der Waals surface area contributed by atoms with Gasteiger partial charge in [0.15, 0.2) is 5.96 Å². The van der Waals surface area contributed by atoms with Gasteiger partial charge in [0.05, 0.1) is 23.3 Å². The van der Waals surface area contributed by atoms with Gasteiger partial charge in [-0.3, -0.25) is 4.99 Å². The lowest BCUT2D eigenvalue weighted by Crippen LogP contribution is -2.36. The average molecular weight is 395 g/mol. The maximum Gasteiger partial charge on any atom is 0.191 e. The Morgan fingerprint density at radius 2 is 1.92 bits per heavy atom. The number of rotatable bonds is 5. The molecule has 0 saturated heterocycles. The number of halogens is 1. The molecule has 0 bridgehead atoms. The van der Waals surface area contributed by atoms with Crippen LogP contribution in [0.2, 0.25) is 5.02 Å². The van der Waals surface area contributed by atoms with Crippen LogP contribution in [0.5, 0.6) is 0 Å². The van der Waals surface area contributed by atoms with E-state index in [1.54, 1.807) is 29.7 Å². The minimum atomic E-state index is 0.399. The number of hydrogen-bond acceptors (Lipinski definition) is 6. The molecule has 0 atom stereocenters. The highest BCUT2D eigenvalue weighted by Gasteiger charge is 2.09. The Labute approximate surface area is 159 Å². The van der Waals surface area contributed by atoms with Crippen LogP contribution in [0.3, 0.4) is 0 Å². The topological polar surface area (TPSA) is 75.1 Å². The van der Waals surface area contributed by atoms with Crippen LogP contribution in [0.15, 0.2) is 23.2 Å². The lowest BCUT2D eigenvalue weighted by Gasteiger charge is -2.09. The van der Waals surface area contributed by atoms with Crippen molar-refractivity contribution in [1.82, 2.24) is 25.8 Å². The number of thiazole rings is 1. The van der Waals surface area contributed by atoms with Crippen LogP contribution in [0, 0.1) is 0 Å². The van der Waals surface area contributed by atoms with Gasteiger partial charge in [-0.25, -0.2) is 4.98 Å². The quantitative estimate of drug-likeness (QED) is 0.508. The molecular weight excluding hydrogens is 376 g/mol. The van der Waals surface area contributed by atoms with Gasteiger partial charge in [-0.05, 0) is 18.2 Å². The minimum Gasteiger partial charge on any atom is -0.350 e. The van der Waals surface area contributed by atoms with Gasteiger partial charge in [0.25, 0.3) is 0 Å². The van der Waals surface area contributed by atoms with Crippen molar-refractivity contribution in [2.45, 2.75) is 32.9 Å². The highest BCUT2D eigenvalue weighted by atomic mass is 35.5. The maximum atomic E-state index is 6.01. The molecule has 0 saturated carbocycles. The van der Waals surface area contributed by atoms with Gasteiger partial charge in [-0.1, -0.05) is 36.8 Å². The Balaban J connectivity index is 1.56. The fourth-order valence-corrected chi connectivity index (χ4v) is 3.97. The zero-order chi connectivity index (χ0) is 17.8. The predicted molar refractivity (Wildman–Crippen MR) is 106 cm³/mol. The number of aliphatic imine (C=N–C) groups is 1. The monoisotopic (exact) mass is 394 g/mol. The second-order valence-corrected chi connectivity index (χ2v) is 8.33. The van der Waals surface area contributed by atoms with Crippen molar-refractivity contribution >= 4 is 50.5 Å². The summed E-state index contributed by atoms with van der Waals surface area (Å²) in [5.74, 6) is 1.11. The molecule has 3 rings (SSSR count). The second kappa shape index (κ2) is 8.07. The van der Waals surface area contributed by atoms with Crippen LogP contribution in [-0.4, -0.2) is 28.2 Å². The minimum absolute atomic E-state index is 0.399. The molecule has 0 aliphatic carbocycles. The lowest BCUT2D eigenvalue weighted by atomic mass is 10.2. The molecular formula is C16H19ClN6S2. The SMILES string of the molecule is CN=C(NCc1nnc(C(C)C)s1)NCc1nc2cc(Cl)ccc2s1. The highest BCUT2D eigenvalue weighted by molar-refractivity contribution is 7.18. The number of benzene rings is 1. The second-order valence-electron chi connectivity index (χ2n) is 5.69. The van der Waals surface area contributed by atoms with E-state index in [-0.39, 0.29) is 0 Å². The van der Waals surface area contributed by atoms with Crippen molar-refractivity contribution < 1.29 is 0 Å². The number of fused-ring (bicyclic) bond motifs is 1. The van der Waals surface area contributed by atoms with E-state index in [0.29, 0.717) is 30.0 Å². The summed E-state index contributed by atoms with van der Waals surface area (Å²) < 4.78 is 1.12. The number of hydrogen-bond donors (Lipinski definition) is 2. The molecule has 25 heavy (non-hydrogen) atoms. The van der Waals surface area contributed by atoms with Crippen molar-refractivity contribution in [2.24, 2.45) is 4.99 Å². The summed E-state index contributed by atoms with van der Waals surface area (Å²) in [7, 11) is 1.74. The van der Waals surface area contributed by atoms with Crippen LogP contribution in [-0.2, 0) is 13.1 Å². The molecule has 0 radical (unpaired) electrons. The highest BCUT2D eigenvalue weighted by Crippen LogP contribution is 2.24. The van der Waals surface area contributed by atoms with Crippen LogP contribution in [0.4, 0.5) is 0 Å². The number of nitrogens with zero attached hydrogens (tertiary/aromatic N) is 4. The predicted octanol–water partition coefficient (Wildman–Crippen LogP) is 3.79. The molecule has 0 spiro atoms. The van der Waals surface area contributed by atoms with E-state index < -0.39 is 0 Å². The Kier molecular flexibility index (Phi) is 5.82. The zero-order valence-electron chi connectivity index (χ0n) is 14.2. The number of guanidine groups is 1. The Morgan fingerprint density at radius 3 is 2.60 bits per heavy atom. The van der Waals surface area contributed by atoms with Gasteiger partial charge in [-0.2, -0.15) is 0 Å². The standard InChI is InChI=1S/C16H19ClN6S2/c1-9(2)15-23-22-14(25-15)8-20-16(18-3)19-7-13-21-11-6-10(17)4-5-12(11)24-13/h4-6,9H,7-8H2,1-3H3,(H2,18,19,20). The third kappa shape index (κ3) is 4.65.